The van der Waals surface area contributed by atoms with Crippen molar-refractivity contribution in [2.45, 2.75) is 31.8 Å². The Bertz CT molecular complexity index is 474. The van der Waals surface area contributed by atoms with Crippen LogP contribution in [0.25, 0.3) is 0 Å². The Hall–Kier alpha value is -1.61. The highest BCUT2D eigenvalue weighted by molar-refractivity contribution is 5.19. The van der Waals surface area contributed by atoms with Crippen LogP contribution in [0.4, 0.5) is 0 Å². The molecule has 3 heteroatoms. The van der Waals surface area contributed by atoms with E-state index >= 15 is 0 Å². The van der Waals surface area contributed by atoms with Crippen LogP contribution in [0.1, 0.15) is 29.9 Å². The zero-order valence-electron chi connectivity index (χ0n) is 9.73. The SMILES string of the molecule is c1cc(Cc2ccc(CNC3CC3)o2)ccn1. The molecule has 0 radical (unpaired) electrons. The van der Waals surface area contributed by atoms with Crippen molar-refractivity contribution in [2.24, 2.45) is 0 Å². The summed E-state index contributed by atoms with van der Waals surface area (Å²) in [6, 6.07) is 8.88. The van der Waals surface area contributed by atoms with E-state index < -0.39 is 0 Å². The smallest absolute Gasteiger partial charge is 0.117 e. The van der Waals surface area contributed by atoms with Crippen LogP contribution in [0.5, 0.6) is 0 Å². The van der Waals surface area contributed by atoms with Crippen molar-refractivity contribution < 1.29 is 4.42 Å². The van der Waals surface area contributed by atoms with Gasteiger partial charge in [0.25, 0.3) is 0 Å². The minimum atomic E-state index is 0.726. The van der Waals surface area contributed by atoms with Crippen molar-refractivity contribution in [1.29, 1.82) is 0 Å². The maximum absolute atomic E-state index is 5.78. The third-order valence-corrected chi connectivity index (χ3v) is 2.99. The minimum Gasteiger partial charge on any atom is -0.464 e. The molecule has 17 heavy (non-hydrogen) atoms. The lowest BCUT2D eigenvalue weighted by atomic mass is 10.2. The molecule has 3 nitrogen and oxygen atoms in total. The molecule has 0 saturated heterocycles. The van der Waals surface area contributed by atoms with Gasteiger partial charge in [0.15, 0.2) is 0 Å². The summed E-state index contributed by atoms with van der Waals surface area (Å²) in [7, 11) is 0. The highest BCUT2D eigenvalue weighted by Crippen LogP contribution is 2.20. The number of nitrogens with zero attached hydrogens (tertiary/aromatic N) is 1. The molecule has 1 aliphatic rings. The molecular weight excluding hydrogens is 212 g/mol. The largest absolute Gasteiger partial charge is 0.464 e. The maximum Gasteiger partial charge on any atom is 0.117 e. The number of rotatable bonds is 5. The van der Waals surface area contributed by atoms with Crippen LogP contribution in [0, 0.1) is 0 Å². The van der Waals surface area contributed by atoms with Gasteiger partial charge in [-0.3, -0.25) is 4.98 Å². The molecule has 0 unspecified atom stereocenters. The topological polar surface area (TPSA) is 38.1 Å². The lowest BCUT2D eigenvalue weighted by Crippen LogP contribution is -2.14. The first kappa shape index (κ1) is 10.5. The van der Waals surface area contributed by atoms with Crippen molar-refractivity contribution in [3.63, 3.8) is 0 Å². The number of hydrogen-bond acceptors (Lipinski definition) is 3. The van der Waals surface area contributed by atoms with Gasteiger partial charge in [0.1, 0.15) is 11.5 Å². The van der Waals surface area contributed by atoms with Gasteiger partial charge in [0.05, 0.1) is 6.54 Å². The fourth-order valence-electron chi connectivity index (χ4n) is 1.85. The molecule has 0 aromatic carbocycles. The van der Waals surface area contributed by atoms with Gasteiger partial charge >= 0.3 is 0 Å². The van der Waals surface area contributed by atoms with Gasteiger partial charge in [0.2, 0.25) is 0 Å². The molecule has 2 aromatic heterocycles. The molecule has 1 fully saturated rings. The molecule has 0 aliphatic heterocycles. The van der Waals surface area contributed by atoms with Crippen molar-refractivity contribution in [2.75, 3.05) is 0 Å². The van der Waals surface area contributed by atoms with Gasteiger partial charge in [-0.05, 0) is 42.7 Å². The van der Waals surface area contributed by atoms with Crippen molar-refractivity contribution in [3.8, 4) is 0 Å². The fourth-order valence-corrected chi connectivity index (χ4v) is 1.85. The summed E-state index contributed by atoms with van der Waals surface area (Å²) in [5.74, 6) is 2.05. The predicted molar refractivity (Wildman–Crippen MR) is 65.6 cm³/mol. The third kappa shape index (κ3) is 2.94. The molecule has 0 amide bonds. The maximum atomic E-state index is 5.78. The highest BCUT2D eigenvalue weighted by atomic mass is 16.3. The number of pyridine rings is 1. The van der Waals surface area contributed by atoms with Gasteiger partial charge in [-0.2, -0.15) is 0 Å². The average molecular weight is 228 g/mol. The molecule has 88 valence electrons. The summed E-state index contributed by atoms with van der Waals surface area (Å²) in [4.78, 5) is 4.01. The quantitative estimate of drug-likeness (QED) is 0.854. The predicted octanol–water partition coefficient (Wildman–Crippen LogP) is 2.52. The molecule has 1 N–H and O–H groups in total. The Morgan fingerprint density at radius 1 is 1.12 bits per heavy atom. The van der Waals surface area contributed by atoms with Crippen molar-refractivity contribution in [3.05, 3.63) is 53.7 Å². The van der Waals surface area contributed by atoms with E-state index in [1.165, 1.54) is 18.4 Å². The number of aromatic nitrogens is 1. The van der Waals surface area contributed by atoms with Gasteiger partial charge in [-0.15, -0.1) is 0 Å². The lowest BCUT2D eigenvalue weighted by molar-refractivity contribution is 0.453. The molecule has 3 rings (SSSR count). The standard InChI is InChI=1S/C14H16N2O/c1-2-12(1)16-10-14-4-3-13(17-14)9-11-5-7-15-8-6-11/h3-8,12,16H,1-2,9-10H2. The van der Waals surface area contributed by atoms with Crippen molar-refractivity contribution >= 4 is 0 Å². The van der Waals surface area contributed by atoms with E-state index in [1.54, 1.807) is 0 Å². The summed E-state index contributed by atoms with van der Waals surface area (Å²) < 4.78 is 5.78. The van der Waals surface area contributed by atoms with Crippen LogP contribution >= 0.6 is 0 Å². The van der Waals surface area contributed by atoms with E-state index in [9.17, 15) is 0 Å². The summed E-state index contributed by atoms with van der Waals surface area (Å²) in [6.07, 6.45) is 7.09. The Labute approximate surface area is 101 Å². The summed E-state index contributed by atoms with van der Waals surface area (Å²) in [6.45, 7) is 0.848. The van der Waals surface area contributed by atoms with E-state index in [2.05, 4.69) is 22.4 Å². The summed E-state index contributed by atoms with van der Waals surface area (Å²) in [5.41, 5.74) is 1.23. The van der Waals surface area contributed by atoms with Crippen LogP contribution in [0.2, 0.25) is 0 Å². The normalized spacial score (nSPS) is 15.1. The van der Waals surface area contributed by atoms with Crippen LogP contribution < -0.4 is 5.32 Å². The molecule has 0 atom stereocenters. The third-order valence-electron chi connectivity index (χ3n) is 2.99. The van der Waals surface area contributed by atoms with Crippen LogP contribution in [0.15, 0.2) is 41.1 Å². The van der Waals surface area contributed by atoms with E-state index in [0.717, 1.165) is 30.5 Å². The second-order valence-corrected chi connectivity index (χ2v) is 4.56. The fraction of sp³-hybridized carbons (Fsp3) is 0.357. The lowest BCUT2D eigenvalue weighted by Gasteiger charge is -1.99. The molecular formula is C14H16N2O. The molecule has 0 spiro atoms. The Kier molecular flexibility index (Phi) is 2.92. The van der Waals surface area contributed by atoms with Gasteiger partial charge in [-0.25, -0.2) is 0 Å². The second kappa shape index (κ2) is 4.72. The van der Waals surface area contributed by atoms with Gasteiger partial charge in [-0.1, -0.05) is 0 Å². The van der Waals surface area contributed by atoms with Gasteiger partial charge in [0, 0.05) is 24.9 Å². The summed E-state index contributed by atoms with van der Waals surface area (Å²) in [5, 5.41) is 3.45. The Balaban J connectivity index is 1.59. The number of hydrogen-bond donors (Lipinski definition) is 1. The molecule has 1 aliphatic carbocycles. The van der Waals surface area contributed by atoms with Crippen LogP contribution in [-0.2, 0) is 13.0 Å². The molecule has 2 aromatic rings. The van der Waals surface area contributed by atoms with E-state index in [1.807, 2.05) is 24.5 Å². The summed E-state index contributed by atoms with van der Waals surface area (Å²) >= 11 is 0. The number of furan rings is 1. The van der Waals surface area contributed by atoms with Gasteiger partial charge < -0.3 is 9.73 Å². The molecule has 1 saturated carbocycles. The first-order chi connectivity index (χ1) is 8.40. The zero-order chi connectivity index (χ0) is 11.5. The van der Waals surface area contributed by atoms with E-state index in [4.69, 9.17) is 4.42 Å². The average Bonchev–Trinajstić information content (AvgIpc) is 3.09. The second-order valence-electron chi connectivity index (χ2n) is 4.56. The molecule has 2 heterocycles. The zero-order valence-corrected chi connectivity index (χ0v) is 9.73. The molecule has 0 bridgehead atoms. The van der Waals surface area contributed by atoms with Crippen LogP contribution in [0.3, 0.4) is 0 Å². The first-order valence-electron chi connectivity index (χ1n) is 6.10. The van der Waals surface area contributed by atoms with E-state index in [-0.39, 0.29) is 0 Å². The first-order valence-corrected chi connectivity index (χ1v) is 6.10. The number of nitrogens with one attached hydrogen (secondary N) is 1. The Morgan fingerprint density at radius 3 is 2.65 bits per heavy atom. The van der Waals surface area contributed by atoms with Crippen molar-refractivity contribution in [1.82, 2.24) is 10.3 Å². The highest BCUT2D eigenvalue weighted by Gasteiger charge is 2.20. The monoisotopic (exact) mass is 228 g/mol. The van der Waals surface area contributed by atoms with E-state index in [0.29, 0.717) is 0 Å². The minimum absolute atomic E-state index is 0.726. The van der Waals surface area contributed by atoms with Crippen LogP contribution in [-0.4, -0.2) is 11.0 Å². The Morgan fingerprint density at radius 2 is 1.88 bits per heavy atom.